The van der Waals surface area contributed by atoms with Gasteiger partial charge >= 0.3 is 0 Å². The van der Waals surface area contributed by atoms with Crippen LogP contribution in [0.2, 0.25) is 0 Å². The maximum Gasteiger partial charge on any atom is 0.243 e. The summed E-state index contributed by atoms with van der Waals surface area (Å²) in [7, 11) is 0. The van der Waals surface area contributed by atoms with Crippen LogP contribution in [0.3, 0.4) is 0 Å². The Hall–Kier alpha value is -2.26. The van der Waals surface area contributed by atoms with E-state index < -0.39 is 0 Å². The molecule has 1 fully saturated rings. The summed E-state index contributed by atoms with van der Waals surface area (Å²) in [4.78, 5) is 21.0. The number of aryl methyl sites for hydroxylation is 2. The summed E-state index contributed by atoms with van der Waals surface area (Å²) in [6, 6.07) is 1.79. The third-order valence-corrected chi connectivity index (χ3v) is 4.53. The number of nitrogens with one attached hydrogen (secondary N) is 1. The molecule has 0 unspecified atom stereocenters. The molecule has 1 saturated heterocycles. The largest absolute Gasteiger partial charge is 0.360 e. The quantitative estimate of drug-likeness (QED) is 0.793. The molecule has 0 aromatic carbocycles. The number of anilines is 1. The Morgan fingerprint density at radius 3 is 2.69 bits per heavy atom. The number of rotatable bonds is 7. The van der Waals surface area contributed by atoms with Gasteiger partial charge in [0.25, 0.3) is 0 Å². The first-order valence-corrected chi connectivity index (χ1v) is 9.07. The van der Waals surface area contributed by atoms with Crippen LogP contribution >= 0.6 is 0 Å². The van der Waals surface area contributed by atoms with Crippen LogP contribution in [0.5, 0.6) is 0 Å². The second kappa shape index (κ2) is 8.41. The lowest BCUT2D eigenvalue weighted by atomic mass is 10.2. The minimum atomic E-state index is -0.0825. The molecule has 0 bridgehead atoms. The minimum absolute atomic E-state index is 0.0825. The highest BCUT2D eigenvalue weighted by atomic mass is 16.5. The fraction of sp³-hybridized carbons (Fsp3) is 0.647. The minimum Gasteiger partial charge on any atom is -0.360 e. The Kier molecular flexibility index (Phi) is 6.00. The van der Waals surface area contributed by atoms with Crippen LogP contribution in [-0.4, -0.2) is 63.7 Å². The molecular formula is C17H26N6O3. The zero-order valence-electron chi connectivity index (χ0n) is 15.6. The highest BCUT2D eigenvalue weighted by Gasteiger charge is 2.26. The number of hydrogen-bond acceptors (Lipinski definition) is 8. The SMILES string of the molecule is CCCc1noc([C@H](C)N2CCN(CC(=O)Nc3cc(C)on3)CC2)n1. The van der Waals surface area contributed by atoms with Gasteiger partial charge in [-0.3, -0.25) is 14.6 Å². The van der Waals surface area contributed by atoms with Crippen LogP contribution in [0.1, 0.15) is 43.8 Å². The van der Waals surface area contributed by atoms with Gasteiger partial charge < -0.3 is 14.4 Å². The van der Waals surface area contributed by atoms with Gasteiger partial charge in [-0.1, -0.05) is 17.2 Å². The molecule has 0 aliphatic carbocycles. The smallest absolute Gasteiger partial charge is 0.243 e. The molecular weight excluding hydrogens is 336 g/mol. The zero-order chi connectivity index (χ0) is 18.5. The van der Waals surface area contributed by atoms with Crippen molar-refractivity contribution in [3.63, 3.8) is 0 Å². The van der Waals surface area contributed by atoms with Crippen molar-refractivity contribution in [1.29, 1.82) is 0 Å². The van der Waals surface area contributed by atoms with Gasteiger partial charge in [0.1, 0.15) is 5.76 Å². The van der Waals surface area contributed by atoms with E-state index in [1.54, 1.807) is 13.0 Å². The molecule has 0 saturated carbocycles. The maximum atomic E-state index is 12.1. The van der Waals surface area contributed by atoms with Crippen molar-refractivity contribution >= 4 is 11.7 Å². The van der Waals surface area contributed by atoms with Crippen molar-refractivity contribution in [2.24, 2.45) is 0 Å². The molecule has 0 radical (unpaired) electrons. The number of hydrogen-bond donors (Lipinski definition) is 1. The third kappa shape index (κ3) is 4.67. The topological polar surface area (TPSA) is 101 Å². The maximum absolute atomic E-state index is 12.1. The number of aromatic nitrogens is 3. The van der Waals surface area contributed by atoms with E-state index in [4.69, 9.17) is 9.05 Å². The summed E-state index contributed by atoms with van der Waals surface area (Å²) in [6.45, 7) is 9.63. The molecule has 2 aromatic rings. The first-order chi connectivity index (χ1) is 12.5. The van der Waals surface area contributed by atoms with Crippen molar-refractivity contribution in [2.75, 3.05) is 38.0 Å². The first kappa shape index (κ1) is 18.5. The van der Waals surface area contributed by atoms with E-state index in [1.807, 2.05) is 0 Å². The Morgan fingerprint density at radius 1 is 1.27 bits per heavy atom. The summed E-state index contributed by atoms with van der Waals surface area (Å²) in [5.74, 6) is 2.49. The number of amides is 1. The van der Waals surface area contributed by atoms with Crippen LogP contribution in [0.4, 0.5) is 5.82 Å². The van der Waals surface area contributed by atoms with Crippen molar-refractivity contribution < 1.29 is 13.8 Å². The summed E-state index contributed by atoms with van der Waals surface area (Å²) in [5.41, 5.74) is 0. The Labute approximate surface area is 152 Å². The van der Waals surface area contributed by atoms with Crippen molar-refractivity contribution in [3.8, 4) is 0 Å². The van der Waals surface area contributed by atoms with Crippen LogP contribution < -0.4 is 5.32 Å². The van der Waals surface area contributed by atoms with Gasteiger partial charge in [-0.25, -0.2) is 0 Å². The van der Waals surface area contributed by atoms with Gasteiger partial charge in [0.2, 0.25) is 11.8 Å². The molecule has 1 atom stereocenters. The van der Waals surface area contributed by atoms with Crippen molar-refractivity contribution in [3.05, 3.63) is 23.5 Å². The normalized spacial score (nSPS) is 17.3. The molecule has 1 amide bonds. The van der Waals surface area contributed by atoms with Gasteiger partial charge in [-0.15, -0.1) is 0 Å². The number of carbonyl (C=O) groups is 1. The van der Waals surface area contributed by atoms with E-state index in [1.165, 1.54) is 0 Å². The highest BCUT2D eigenvalue weighted by Crippen LogP contribution is 2.20. The lowest BCUT2D eigenvalue weighted by Gasteiger charge is -2.36. The van der Waals surface area contributed by atoms with E-state index in [9.17, 15) is 4.79 Å². The Morgan fingerprint density at radius 2 is 2.04 bits per heavy atom. The molecule has 3 heterocycles. The second-order valence-corrected chi connectivity index (χ2v) is 6.66. The third-order valence-electron chi connectivity index (χ3n) is 4.53. The predicted molar refractivity (Wildman–Crippen MR) is 94.6 cm³/mol. The molecule has 26 heavy (non-hydrogen) atoms. The predicted octanol–water partition coefficient (Wildman–Crippen LogP) is 1.64. The van der Waals surface area contributed by atoms with Gasteiger partial charge in [0.15, 0.2) is 11.6 Å². The number of nitrogens with zero attached hydrogens (tertiary/aromatic N) is 5. The standard InChI is InChI=1S/C17H26N6O3/c1-4-5-14-19-17(26-20-14)13(3)23-8-6-22(7-9-23)11-16(24)18-15-10-12(2)25-21-15/h10,13H,4-9,11H2,1-3H3,(H,18,21,24)/t13-/m0/s1. The molecule has 3 rings (SSSR count). The summed E-state index contributed by atoms with van der Waals surface area (Å²) < 4.78 is 10.3. The van der Waals surface area contributed by atoms with Gasteiger partial charge in [0.05, 0.1) is 12.6 Å². The van der Waals surface area contributed by atoms with E-state index in [0.29, 0.717) is 24.0 Å². The number of piperazine rings is 1. The fourth-order valence-corrected chi connectivity index (χ4v) is 3.04. The molecule has 0 spiro atoms. The van der Waals surface area contributed by atoms with Crippen molar-refractivity contribution in [1.82, 2.24) is 25.1 Å². The average molecular weight is 362 g/mol. The van der Waals surface area contributed by atoms with E-state index in [-0.39, 0.29) is 11.9 Å². The summed E-state index contributed by atoms with van der Waals surface area (Å²) >= 11 is 0. The van der Waals surface area contributed by atoms with Crippen LogP contribution in [0, 0.1) is 6.92 Å². The zero-order valence-corrected chi connectivity index (χ0v) is 15.6. The molecule has 9 nitrogen and oxygen atoms in total. The molecule has 1 aliphatic rings. The molecule has 1 N–H and O–H groups in total. The van der Waals surface area contributed by atoms with Gasteiger partial charge in [-0.2, -0.15) is 4.98 Å². The second-order valence-electron chi connectivity index (χ2n) is 6.66. The lowest BCUT2D eigenvalue weighted by molar-refractivity contribution is -0.117. The van der Waals surface area contributed by atoms with E-state index >= 15 is 0 Å². The van der Waals surface area contributed by atoms with Gasteiger partial charge in [0, 0.05) is 38.7 Å². The van der Waals surface area contributed by atoms with Crippen LogP contribution in [0.15, 0.2) is 15.1 Å². The monoisotopic (exact) mass is 362 g/mol. The fourth-order valence-electron chi connectivity index (χ4n) is 3.04. The lowest BCUT2D eigenvalue weighted by Crippen LogP contribution is -2.49. The van der Waals surface area contributed by atoms with Crippen LogP contribution in [0.25, 0.3) is 0 Å². The van der Waals surface area contributed by atoms with Crippen molar-refractivity contribution in [2.45, 2.75) is 39.7 Å². The van der Waals surface area contributed by atoms with Gasteiger partial charge in [-0.05, 0) is 20.3 Å². The number of carbonyl (C=O) groups excluding carboxylic acids is 1. The first-order valence-electron chi connectivity index (χ1n) is 9.07. The molecule has 142 valence electrons. The van der Waals surface area contributed by atoms with E-state index in [0.717, 1.165) is 44.8 Å². The van der Waals surface area contributed by atoms with Crippen LogP contribution in [-0.2, 0) is 11.2 Å². The highest BCUT2D eigenvalue weighted by molar-refractivity contribution is 5.91. The molecule has 2 aromatic heterocycles. The Balaban J connectivity index is 1.45. The average Bonchev–Trinajstić information content (AvgIpc) is 3.24. The Bertz CT molecular complexity index is 720. The summed E-state index contributed by atoms with van der Waals surface area (Å²) in [6.07, 6.45) is 1.84. The molecule has 1 aliphatic heterocycles. The van der Waals surface area contributed by atoms with E-state index in [2.05, 4.69) is 44.3 Å². The molecule has 9 heteroatoms. The summed E-state index contributed by atoms with van der Waals surface area (Å²) in [5, 5.41) is 10.6.